The van der Waals surface area contributed by atoms with Gasteiger partial charge in [-0.25, -0.2) is 4.39 Å². The zero-order chi connectivity index (χ0) is 10.1. The van der Waals surface area contributed by atoms with Gasteiger partial charge in [0, 0.05) is 5.02 Å². The van der Waals surface area contributed by atoms with E-state index < -0.39 is 24.7 Å². The summed E-state index contributed by atoms with van der Waals surface area (Å²) in [4.78, 5) is 0. The SMILES string of the molecule is Fc1cccc(Cl)c1C[B-](F)(F)F.[K+]. The van der Waals surface area contributed by atoms with Crippen molar-refractivity contribution in [3.63, 3.8) is 0 Å². The van der Waals surface area contributed by atoms with E-state index in [1.807, 2.05) is 0 Å². The summed E-state index contributed by atoms with van der Waals surface area (Å²) in [6.45, 7) is -5.04. The largest absolute Gasteiger partial charge is 1.00 e. The molecular weight excluding hydrogens is 245 g/mol. The molecule has 72 valence electrons. The van der Waals surface area contributed by atoms with Gasteiger partial charge in [-0.2, -0.15) is 0 Å². The van der Waals surface area contributed by atoms with E-state index in [0.29, 0.717) is 0 Å². The molecule has 0 amide bonds. The van der Waals surface area contributed by atoms with Crippen LogP contribution < -0.4 is 51.4 Å². The molecule has 0 heterocycles. The van der Waals surface area contributed by atoms with Crippen molar-refractivity contribution in [3.8, 4) is 0 Å². The van der Waals surface area contributed by atoms with Crippen molar-refractivity contribution in [1.29, 1.82) is 0 Å². The Hall–Kier alpha value is 0.931. The molecule has 0 nitrogen and oxygen atoms in total. The third-order valence-corrected chi connectivity index (χ3v) is 1.85. The molecule has 0 saturated heterocycles. The normalized spacial score (nSPS) is 10.9. The first kappa shape index (κ1) is 14.9. The van der Waals surface area contributed by atoms with Gasteiger partial charge in [-0.15, -0.1) is 0 Å². The molecule has 0 saturated carbocycles. The second-order valence-corrected chi connectivity index (χ2v) is 3.02. The second kappa shape index (κ2) is 5.86. The van der Waals surface area contributed by atoms with Crippen molar-refractivity contribution in [2.45, 2.75) is 6.32 Å². The summed E-state index contributed by atoms with van der Waals surface area (Å²) in [5, 5.41) is -0.181. The van der Waals surface area contributed by atoms with Crippen LogP contribution in [-0.4, -0.2) is 6.98 Å². The second-order valence-electron chi connectivity index (χ2n) is 2.61. The van der Waals surface area contributed by atoms with Crippen LogP contribution in [0, 0.1) is 5.82 Å². The summed E-state index contributed by atoms with van der Waals surface area (Å²) in [6, 6.07) is 3.47. The van der Waals surface area contributed by atoms with Crippen molar-refractivity contribution in [2.75, 3.05) is 0 Å². The van der Waals surface area contributed by atoms with Gasteiger partial charge in [0.1, 0.15) is 5.82 Å². The maximum Gasteiger partial charge on any atom is 1.00 e. The van der Waals surface area contributed by atoms with E-state index >= 15 is 0 Å². The summed E-state index contributed by atoms with van der Waals surface area (Å²) >= 11 is 5.41. The van der Waals surface area contributed by atoms with Crippen LogP contribution in [0.4, 0.5) is 17.3 Å². The van der Waals surface area contributed by atoms with Gasteiger partial charge < -0.3 is 12.9 Å². The predicted octanol–water partition coefficient (Wildman–Crippen LogP) is 0.412. The van der Waals surface area contributed by atoms with Crippen molar-refractivity contribution < 1.29 is 68.7 Å². The Kier molecular flexibility index (Phi) is 6.25. The average molecular weight is 250 g/mol. The molecule has 1 rings (SSSR count). The van der Waals surface area contributed by atoms with Crippen LogP contribution in [0.5, 0.6) is 0 Å². The molecular formula is C7H5BClF4K. The first-order chi connectivity index (χ1) is 5.90. The van der Waals surface area contributed by atoms with E-state index in [1.54, 1.807) is 0 Å². The molecule has 0 atom stereocenters. The first-order valence-electron chi connectivity index (χ1n) is 3.54. The Bertz CT molecular complexity index is 295. The number of benzene rings is 1. The van der Waals surface area contributed by atoms with E-state index in [2.05, 4.69) is 0 Å². The zero-order valence-corrected chi connectivity index (χ0v) is 11.3. The van der Waals surface area contributed by atoms with E-state index in [1.165, 1.54) is 12.1 Å². The molecule has 7 heteroatoms. The summed E-state index contributed by atoms with van der Waals surface area (Å²) < 4.78 is 48.6. The van der Waals surface area contributed by atoms with E-state index in [4.69, 9.17) is 11.6 Å². The predicted molar refractivity (Wildman–Crippen MR) is 44.2 cm³/mol. The van der Waals surface area contributed by atoms with Crippen LogP contribution in [-0.2, 0) is 6.32 Å². The Labute approximate surface area is 126 Å². The molecule has 14 heavy (non-hydrogen) atoms. The fourth-order valence-corrected chi connectivity index (χ4v) is 1.20. The summed E-state index contributed by atoms with van der Waals surface area (Å²) in [5.41, 5.74) is -0.475. The monoisotopic (exact) mass is 250 g/mol. The van der Waals surface area contributed by atoms with E-state index in [0.717, 1.165) is 6.07 Å². The van der Waals surface area contributed by atoms with Crippen molar-refractivity contribution in [3.05, 3.63) is 34.6 Å². The molecule has 0 unspecified atom stereocenters. The Balaban J connectivity index is 0.00000169. The Morgan fingerprint density at radius 1 is 1.21 bits per heavy atom. The van der Waals surface area contributed by atoms with Gasteiger partial charge in [0.05, 0.1) is 0 Å². The van der Waals surface area contributed by atoms with Crippen molar-refractivity contribution >= 4 is 18.6 Å². The Morgan fingerprint density at radius 3 is 2.21 bits per heavy atom. The minimum atomic E-state index is -5.04. The summed E-state index contributed by atoms with van der Waals surface area (Å²) in [7, 11) is 0. The summed E-state index contributed by atoms with van der Waals surface area (Å²) in [6.07, 6.45) is -1.27. The van der Waals surface area contributed by atoms with Gasteiger partial charge in [-0.1, -0.05) is 24.0 Å². The molecule has 0 aliphatic rings. The van der Waals surface area contributed by atoms with Crippen LogP contribution in [0.2, 0.25) is 5.02 Å². The quantitative estimate of drug-likeness (QED) is 0.527. The molecule has 0 fully saturated rings. The van der Waals surface area contributed by atoms with Crippen LogP contribution in [0.25, 0.3) is 0 Å². The topological polar surface area (TPSA) is 0 Å². The van der Waals surface area contributed by atoms with Crippen molar-refractivity contribution in [2.24, 2.45) is 0 Å². The van der Waals surface area contributed by atoms with E-state index in [9.17, 15) is 17.3 Å². The van der Waals surface area contributed by atoms with E-state index in [-0.39, 0.29) is 56.4 Å². The molecule has 0 aromatic heterocycles. The first-order valence-corrected chi connectivity index (χ1v) is 3.92. The number of hydrogen-bond acceptors (Lipinski definition) is 0. The van der Waals surface area contributed by atoms with Gasteiger partial charge >= 0.3 is 58.4 Å². The maximum atomic E-state index is 12.8. The molecule has 0 N–H and O–H groups in total. The molecule has 1 aromatic rings. The standard InChI is InChI=1S/C7H5BClF4.K/c9-6-2-1-3-7(10)5(6)4-8(11,12)13;/h1-3H,4H2;/q-1;+1. The average Bonchev–Trinajstić information content (AvgIpc) is 1.95. The zero-order valence-electron chi connectivity index (χ0n) is 7.41. The van der Waals surface area contributed by atoms with Crippen LogP contribution in [0.15, 0.2) is 18.2 Å². The molecule has 0 aliphatic heterocycles. The fourth-order valence-electron chi connectivity index (χ4n) is 0.959. The van der Waals surface area contributed by atoms with Crippen LogP contribution in [0.1, 0.15) is 5.56 Å². The van der Waals surface area contributed by atoms with Crippen LogP contribution >= 0.6 is 11.6 Å². The molecule has 0 aliphatic carbocycles. The third kappa shape index (κ3) is 4.63. The Morgan fingerprint density at radius 2 is 1.79 bits per heavy atom. The van der Waals surface area contributed by atoms with Gasteiger partial charge in [-0.05, 0) is 17.7 Å². The molecule has 0 spiro atoms. The molecule has 0 bridgehead atoms. The number of hydrogen-bond donors (Lipinski definition) is 0. The van der Waals surface area contributed by atoms with Crippen LogP contribution in [0.3, 0.4) is 0 Å². The molecule has 0 radical (unpaired) electrons. The number of halogens is 5. The van der Waals surface area contributed by atoms with Crippen molar-refractivity contribution in [1.82, 2.24) is 0 Å². The third-order valence-electron chi connectivity index (χ3n) is 1.50. The van der Waals surface area contributed by atoms with Gasteiger partial charge in [0.2, 0.25) is 0 Å². The minimum Gasteiger partial charge on any atom is -0.449 e. The minimum absolute atomic E-state index is 0. The molecule has 1 aromatic carbocycles. The van der Waals surface area contributed by atoms with Gasteiger partial charge in [0.15, 0.2) is 0 Å². The fraction of sp³-hybridized carbons (Fsp3) is 0.143. The van der Waals surface area contributed by atoms with Gasteiger partial charge in [0.25, 0.3) is 0 Å². The number of rotatable bonds is 2. The maximum absolute atomic E-state index is 12.8. The van der Waals surface area contributed by atoms with Gasteiger partial charge in [-0.3, -0.25) is 0 Å². The summed E-state index contributed by atoms with van der Waals surface area (Å²) in [5.74, 6) is -0.910. The smallest absolute Gasteiger partial charge is 0.449 e.